The number of carbonyl (C=O) groups excluding carboxylic acids is 1. The van der Waals surface area contributed by atoms with Crippen LogP contribution in [0.4, 0.5) is 5.69 Å². The number of non-ortho nitro benzene ring substituents is 1. The molecular formula is C13H8BrNO3S. The third-order valence-electron chi connectivity index (χ3n) is 2.38. The highest BCUT2D eigenvalue weighted by atomic mass is 79.9. The van der Waals surface area contributed by atoms with Gasteiger partial charge in [-0.25, -0.2) is 0 Å². The molecule has 0 N–H and O–H groups in total. The highest BCUT2D eigenvalue weighted by Crippen LogP contribution is 2.21. The van der Waals surface area contributed by atoms with Crippen molar-refractivity contribution in [2.24, 2.45) is 0 Å². The van der Waals surface area contributed by atoms with E-state index in [9.17, 15) is 14.9 Å². The molecule has 0 saturated carbocycles. The number of rotatable bonds is 4. The summed E-state index contributed by atoms with van der Waals surface area (Å²) in [7, 11) is 0. The molecule has 0 saturated heterocycles. The quantitative estimate of drug-likeness (QED) is 0.361. The molecule has 0 aliphatic heterocycles. The molecule has 0 bridgehead atoms. The Labute approximate surface area is 121 Å². The van der Waals surface area contributed by atoms with E-state index in [-0.39, 0.29) is 11.5 Å². The Morgan fingerprint density at radius 1 is 1.32 bits per heavy atom. The Kier molecular flexibility index (Phi) is 4.24. The molecule has 96 valence electrons. The Balaban J connectivity index is 2.11. The molecule has 0 spiro atoms. The van der Waals surface area contributed by atoms with E-state index in [0.29, 0.717) is 5.56 Å². The maximum atomic E-state index is 11.8. The second kappa shape index (κ2) is 5.90. The van der Waals surface area contributed by atoms with Crippen molar-refractivity contribution < 1.29 is 9.72 Å². The van der Waals surface area contributed by atoms with E-state index in [1.807, 2.05) is 11.4 Å². The molecule has 0 atom stereocenters. The normalized spacial score (nSPS) is 10.8. The summed E-state index contributed by atoms with van der Waals surface area (Å²) in [4.78, 5) is 21.8. The topological polar surface area (TPSA) is 60.2 Å². The molecule has 1 aromatic heterocycles. The lowest BCUT2D eigenvalue weighted by atomic mass is 10.1. The fourth-order valence-corrected chi connectivity index (χ4v) is 2.57. The highest BCUT2D eigenvalue weighted by molar-refractivity contribution is 9.11. The van der Waals surface area contributed by atoms with Crippen molar-refractivity contribution >= 4 is 44.8 Å². The van der Waals surface area contributed by atoms with Crippen molar-refractivity contribution in [1.82, 2.24) is 0 Å². The fraction of sp³-hybridized carbons (Fsp3) is 0. The van der Waals surface area contributed by atoms with Crippen molar-refractivity contribution in [3.8, 4) is 0 Å². The average molecular weight is 338 g/mol. The zero-order chi connectivity index (χ0) is 13.8. The lowest BCUT2D eigenvalue weighted by Gasteiger charge is -1.95. The van der Waals surface area contributed by atoms with Gasteiger partial charge in [-0.1, -0.05) is 6.08 Å². The van der Waals surface area contributed by atoms with E-state index in [4.69, 9.17) is 0 Å². The molecule has 0 amide bonds. The summed E-state index contributed by atoms with van der Waals surface area (Å²) >= 11 is 4.88. The van der Waals surface area contributed by atoms with Crippen LogP contribution in [0, 0.1) is 10.1 Å². The molecule has 0 aliphatic rings. The predicted molar refractivity (Wildman–Crippen MR) is 78.5 cm³/mol. The Morgan fingerprint density at radius 3 is 2.53 bits per heavy atom. The van der Waals surface area contributed by atoms with E-state index < -0.39 is 4.92 Å². The Bertz CT molecular complexity index is 646. The number of carbonyl (C=O) groups is 1. The van der Waals surface area contributed by atoms with E-state index in [1.54, 1.807) is 6.08 Å². The van der Waals surface area contributed by atoms with Crippen molar-refractivity contribution in [1.29, 1.82) is 0 Å². The first-order valence-electron chi connectivity index (χ1n) is 5.27. The largest absolute Gasteiger partial charge is 0.289 e. The first-order chi connectivity index (χ1) is 9.06. The first kappa shape index (κ1) is 13.6. The van der Waals surface area contributed by atoms with Gasteiger partial charge in [0.15, 0.2) is 5.78 Å². The first-order valence-corrected chi connectivity index (χ1v) is 6.94. The summed E-state index contributed by atoms with van der Waals surface area (Å²) in [6.07, 6.45) is 3.17. The Hall–Kier alpha value is -1.79. The number of hydrogen-bond acceptors (Lipinski definition) is 4. The molecule has 0 fully saturated rings. The predicted octanol–water partition coefficient (Wildman–Crippen LogP) is 4.31. The average Bonchev–Trinajstić information content (AvgIpc) is 2.82. The minimum Gasteiger partial charge on any atom is -0.289 e. The van der Waals surface area contributed by atoms with Crippen LogP contribution in [0.2, 0.25) is 0 Å². The minimum absolute atomic E-state index is 0.0257. The van der Waals surface area contributed by atoms with Gasteiger partial charge in [0.05, 0.1) is 8.71 Å². The number of thiophene rings is 1. The number of halogens is 1. The number of nitrogens with zero attached hydrogens (tertiary/aromatic N) is 1. The summed E-state index contributed by atoms with van der Waals surface area (Å²) in [5.74, 6) is -0.183. The zero-order valence-corrected chi connectivity index (χ0v) is 12.0. The van der Waals surface area contributed by atoms with Gasteiger partial charge in [-0.05, 0) is 51.1 Å². The van der Waals surface area contributed by atoms with Crippen LogP contribution in [0.15, 0.2) is 45.6 Å². The van der Waals surface area contributed by atoms with E-state index in [1.165, 1.54) is 41.7 Å². The number of nitro benzene ring substituents is 1. The van der Waals surface area contributed by atoms with E-state index in [2.05, 4.69) is 15.9 Å². The molecule has 6 heteroatoms. The Morgan fingerprint density at radius 2 is 2.00 bits per heavy atom. The number of hydrogen-bond donors (Lipinski definition) is 0. The second-order valence-corrected chi connectivity index (χ2v) is 5.98. The molecule has 2 aromatic rings. The second-order valence-electron chi connectivity index (χ2n) is 3.69. The summed E-state index contributed by atoms with van der Waals surface area (Å²) in [6.45, 7) is 0. The number of benzene rings is 1. The number of allylic oxidation sites excluding steroid dienone is 1. The van der Waals surface area contributed by atoms with Crippen molar-refractivity contribution in [2.45, 2.75) is 0 Å². The summed E-state index contributed by atoms with van der Waals surface area (Å²) < 4.78 is 0.995. The monoisotopic (exact) mass is 337 g/mol. The zero-order valence-electron chi connectivity index (χ0n) is 9.58. The lowest BCUT2D eigenvalue weighted by Crippen LogP contribution is -1.95. The molecule has 0 aliphatic carbocycles. The van der Waals surface area contributed by atoms with Crippen molar-refractivity contribution in [2.75, 3.05) is 0 Å². The van der Waals surface area contributed by atoms with Crippen LogP contribution in [0.1, 0.15) is 15.9 Å². The van der Waals surface area contributed by atoms with Crippen LogP contribution in [-0.4, -0.2) is 10.7 Å². The van der Waals surface area contributed by atoms with Crippen LogP contribution in [-0.2, 0) is 0 Å². The highest BCUT2D eigenvalue weighted by Gasteiger charge is 2.07. The maximum Gasteiger partial charge on any atom is 0.269 e. The van der Waals surface area contributed by atoms with Crippen LogP contribution in [0.5, 0.6) is 0 Å². The van der Waals surface area contributed by atoms with Gasteiger partial charge >= 0.3 is 0 Å². The van der Waals surface area contributed by atoms with Gasteiger partial charge in [-0.3, -0.25) is 14.9 Å². The molecule has 19 heavy (non-hydrogen) atoms. The molecule has 0 radical (unpaired) electrons. The van der Waals surface area contributed by atoms with E-state index >= 15 is 0 Å². The summed E-state index contributed by atoms with van der Waals surface area (Å²) in [5.41, 5.74) is 1.34. The molecular weight excluding hydrogens is 330 g/mol. The smallest absolute Gasteiger partial charge is 0.269 e. The standard InChI is InChI=1S/C13H8BrNO3S/c14-13-7-9(8-19-13)1-6-12(16)10-2-4-11(5-3-10)15(17)18/h1-8H/b6-1+. The molecule has 4 nitrogen and oxygen atoms in total. The number of ketones is 1. The van der Waals surface area contributed by atoms with Gasteiger partial charge in [-0.15, -0.1) is 11.3 Å². The molecule has 2 rings (SSSR count). The van der Waals surface area contributed by atoms with Crippen molar-refractivity contribution in [3.63, 3.8) is 0 Å². The van der Waals surface area contributed by atoms with Gasteiger partial charge in [0.1, 0.15) is 0 Å². The van der Waals surface area contributed by atoms with Crippen molar-refractivity contribution in [3.05, 3.63) is 66.8 Å². The van der Waals surface area contributed by atoms with Gasteiger partial charge in [0.25, 0.3) is 5.69 Å². The van der Waals surface area contributed by atoms with Gasteiger partial charge < -0.3 is 0 Å². The SMILES string of the molecule is O=C(/C=C/c1csc(Br)c1)c1ccc([N+](=O)[O-])cc1. The number of nitro groups is 1. The molecule has 0 unspecified atom stereocenters. The van der Waals surface area contributed by atoms with Crippen LogP contribution in [0.3, 0.4) is 0 Å². The maximum absolute atomic E-state index is 11.8. The van der Waals surface area contributed by atoms with Crippen LogP contribution >= 0.6 is 27.3 Å². The van der Waals surface area contributed by atoms with Gasteiger partial charge in [0.2, 0.25) is 0 Å². The van der Waals surface area contributed by atoms with Gasteiger partial charge in [0, 0.05) is 17.7 Å². The molecule has 1 aromatic carbocycles. The minimum atomic E-state index is -0.493. The third-order valence-corrected chi connectivity index (χ3v) is 3.90. The summed E-state index contributed by atoms with van der Waals surface area (Å²) in [5, 5.41) is 12.4. The van der Waals surface area contributed by atoms with E-state index in [0.717, 1.165) is 9.35 Å². The molecule has 1 heterocycles. The third kappa shape index (κ3) is 3.59. The van der Waals surface area contributed by atoms with Gasteiger partial charge in [-0.2, -0.15) is 0 Å². The van der Waals surface area contributed by atoms with Crippen LogP contribution < -0.4 is 0 Å². The van der Waals surface area contributed by atoms with Crippen LogP contribution in [0.25, 0.3) is 6.08 Å². The summed E-state index contributed by atoms with van der Waals surface area (Å²) in [6, 6.07) is 7.46. The lowest BCUT2D eigenvalue weighted by molar-refractivity contribution is -0.384. The fourth-order valence-electron chi connectivity index (χ4n) is 1.43.